The van der Waals surface area contributed by atoms with Crippen LogP contribution in [0.5, 0.6) is 0 Å². The van der Waals surface area contributed by atoms with Crippen molar-refractivity contribution in [3.63, 3.8) is 0 Å². The maximum atomic E-state index is 13.6. The van der Waals surface area contributed by atoms with Gasteiger partial charge in [0.05, 0.1) is 47.7 Å². The van der Waals surface area contributed by atoms with Gasteiger partial charge in [-0.05, 0) is 61.9 Å². The lowest BCUT2D eigenvalue weighted by atomic mass is 10.0. The number of aromatic amines is 2. The van der Waals surface area contributed by atoms with Gasteiger partial charge in [0.25, 0.3) is 0 Å². The molecule has 2 atom stereocenters. The summed E-state index contributed by atoms with van der Waals surface area (Å²) in [7, 11) is 1.28. The molecule has 2 fully saturated rings. The predicted molar refractivity (Wildman–Crippen MR) is 174 cm³/mol. The summed E-state index contributed by atoms with van der Waals surface area (Å²) in [5, 5.41) is 3.69. The number of nitrogens with zero attached hydrogens (tertiary/aromatic N) is 3. The first kappa shape index (κ1) is 29.8. The van der Waals surface area contributed by atoms with Crippen LogP contribution in [0.1, 0.15) is 76.0 Å². The third kappa shape index (κ3) is 5.44. The topological polar surface area (TPSA) is 146 Å². The molecule has 0 bridgehead atoms. The summed E-state index contributed by atoms with van der Waals surface area (Å²) in [6.07, 6.45) is 9.34. The first-order valence-corrected chi connectivity index (χ1v) is 16.1. The zero-order valence-corrected chi connectivity index (χ0v) is 26.3. The molecule has 11 nitrogen and oxygen atoms in total. The first-order chi connectivity index (χ1) is 22.3. The van der Waals surface area contributed by atoms with Crippen molar-refractivity contribution in [2.75, 3.05) is 13.7 Å². The van der Waals surface area contributed by atoms with Gasteiger partial charge in [-0.25, -0.2) is 14.8 Å². The molecule has 1 aliphatic heterocycles. The molecule has 7 rings (SSSR count). The van der Waals surface area contributed by atoms with Crippen LogP contribution in [0, 0.1) is 5.92 Å². The number of benzene rings is 2. The number of hydrogen-bond donors (Lipinski definition) is 3. The maximum absolute atomic E-state index is 13.6. The first-order valence-electron chi connectivity index (χ1n) is 16.1. The van der Waals surface area contributed by atoms with Gasteiger partial charge in [-0.2, -0.15) is 0 Å². The van der Waals surface area contributed by atoms with E-state index in [9.17, 15) is 14.4 Å². The van der Waals surface area contributed by atoms with Gasteiger partial charge in [0.1, 0.15) is 28.9 Å². The van der Waals surface area contributed by atoms with Gasteiger partial charge in [0.2, 0.25) is 11.3 Å². The molecule has 2 unspecified atom stereocenters. The van der Waals surface area contributed by atoms with E-state index in [-0.39, 0.29) is 23.3 Å². The number of H-pyrrole nitrogens is 2. The summed E-state index contributed by atoms with van der Waals surface area (Å²) < 4.78 is 11.0. The number of aromatic nitrogens is 4. The van der Waals surface area contributed by atoms with Crippen molar-refractivity contribution in [2.24, 2.45) is 5.92 Å². The fraction of sp³-hybridized carbons (Fsp3) is 0.400. The second kappa shape index (κ2) is 12.1. The highest BCUT2D eigenvalue weighted by Crippen LogP contribution is 2.35. The van der Waals surface area contributed by atoms with Crippen molar-refractivity contribution in [1.29, 1.82) is 0 Å². The molecule has 0 radical (unpaired) electrons. The fourth-order valence-electron chi connectivity index (χ4n) is 6.92. The molecule has 2 aromatic carbocycles. The molecule has 3 aromatic heterocycles. The van der Waals surface area contributed by atoms with Crippen LogP contribution < -0.4 is 10.7 Å². The number of nitrogens with one attached hydrogen (secondary N) is 3. The van der Waals surface area contributed by atoms with Crippen molar-refractivity contribution < 1.29 is 18.7 Å². The van der Waals surface area contributed by atoms with Crippen LogP contribution in [0.15, 0.2) is 58.0 Å². The summed E-state index contributed by atoms with van der Waals surface area (Å²) in [4.78, 5) is 57.0. The molecule has 0 spiro atoms. The van der Waals surface area contributed by atoms with E-state index in [0.29, 0.717) is 40.2 Å². The van der Waals surface area contributed by atoms with Crippen molar-refractivity contribution in [3.05, 3.63) is 70.7 Å². The molecule has 3 N–H and O–H groups in total. The molecule has 46 heavy (non-hydrogen) atoms. The Labute approximate surface area is 265 Å². The lowest BCUT2D eigenvalue weighted by Crippen LogP contribution is -2.51. The molecule has 11 heteroatoms. The van der Waals surface area contributed by atoms with E-state index in [0.717, 1.165) is 54.0 Å². The summed E-state index contributed by atoms with van der Waals surface area (Å²) in [6.45, 7) is 4.35. The maximum Gasteiger partial charge on any atom is 0.407 e. The molecule has 2 amide bonds. The van der Waals surface area contributed by atoms with Crippen molar-refractivity contribution in [3.8, 4) is 22.5 Å². The number of carbonyl (C=O) groups is 2. The second-order valence-electron chi connectivity index (χ2n) is 12.7. The minimum Gasteiger partial charge on any atom is -0.456 e. The van der Waals surface area contributed by atoms with Crippen molar-refractivity contribution >= 4 is 33.9 Å². The molecule has 1 aliphatic carbocycles. The highest BCUT2D eigenvalue weighted by atomic mass is 16.5. The molecule has 1 saturated carbocycles. The Morgan fingerprint density at radius 3 is 2.35 bits per heavy atom. The van der Waals surface area contributed by atoms with Gasteiger partial charge in [0.15, 0.2) is 0 Å². The number of imidazole rings is 2. The average Bonchev–Trinajstić information content (AvgIpc) is 3.89. The smallest absolute Gasteiger partial charge is 0.407 e. The SMILES string of the molecule is COC(=O)NC(C(=O)N1CCCC1c1ncc(-c2ccc3c(=O)c4cc(-c5cnc(C6CCCC6)[nH]5)ccc4oc3c2)[nH]1)C(C)C. The van der Waals surface area contributed by atoms with Crippen LogP contribution in [-0.4, -0.2) is 56.5 Å². The predicted octanol–water partition coefficient (Wildman–Crippen LogP) is 6.43. The Morgan fingerprint density at radius 1 is 0.913 bits per heavy atom. The van der Waals surface area contributed by atoms with Gasteiger partial charge in [-0.1, -0.05) is 32.8 Å². The Bertz CT molecular complexity index is 1980. The zero-order valence-electron chi connectivity index (χ0n) is 26.3. The highest BCUT2D eigenvalue weighted by molar-refractivity contribution is 5.93. The zero-order chi connectivity index (χ0) is 31.9. The molecule has 5 aromatic rings. The van der Waals surface area contributed by atoms with Gasteiger partial charge >= 0.3 is 6.09 Å². The van der Waals surface area contributed by atoms with E-state index in [2.05, 4.69) is 25.3 Å². The number of alkyl carbamates (subject to hydrolysis) is 1. The van der Waals surface area contributed by atoms with Crippen LogP contribution in [0.3, 0.4) is 0 Å². The van der Waals surface area contributed by atoms with E-state index >= 15 is 0 Å². The standard InChI is InChI=1S/C35H38N6O5/c1-19(2)30(40-35(44)45-3)34(43)41-14-6-9-27(41)33-37-18-26(39-33)22-10-12-23-29(16-22)46-28-13-11-21(15-24(28)31(23)42)25-17-36-32(38-25)20-7-4-5-8-20/h10-13,15-20,27,30H,4-9,14H2,1-3H3,(H,36,38)(H,37,39)(H,40,44). The number of rotatable bonds is 7. The van der Waals surface area contributed by atoms with Crippen molar-refractivity contribution in [1.82, 2.24) is 30.2 Å². The Morgan fingerprint density at radius 2 is 1.61 bits per heavy atom. The molecule has 238 valence electrons. The Hall–Kier alpha value is -4.93. The van der Waals surface area contributed by atoms with E-state index in [4.69, 9.17) is 9.15 Å². The average molecular weight is 623 g/mol. The van der Waals surface area contributed by atoms with Crippen LogP contribution in [-0.2, 0) is 9.53 Å². The van der Waals surface area contributed by atoms with Crippen LogP contribution >= 0.6 is 0 Å². The quantitative estimate of drug-likeness (QED) is 0.177. The third-order valence-electron chi connectivity index (χ3n) is 9.47. The van der Waals surface area contributed by atoms with Gasteiger partial charge < -0.3 is 29.3 Å². The van der Waals surface area contributed by atoms with E-state index < -0.39 is 12.1 Å². The van der Waals surface area contributed by atoms with Crippen LogP contribution in [0.25, 0.3) is 44.5 Å². The third-order valence-corrected chi connectivity index (χ3v) is 9.47. The molecule has 1 saturated heterocycles. The number of fused-ring (bicyclic) bond motifs is 2. The largest absolute Gasteiger partial charge is 0.456 e. The molecule has 4 heterocycles. The fourth-order valence-corrected chi connectivity index (χ4v) is 6.92. The normalized spacial score (nSPS) is 17.7. The number of ether oxygens (including phenoxy) is 1. The number of amides is 2. The molecule has 2 aliphatic rings. The van der Waals surface area contributed by atoms with Crippen LogP contribution in [0.2, 0.25) is 0 Å². The minimum atomic E-state index is -0.703. The number of methoxy groups -OCH3 is 1. The lowest BCUT2D eigenvalue weighted by Gasteiger charge is -2.30. The lowest BCUT2D eigenvalue weighted by molar-refractivity contribution is -0.135. The second-order valence-corrected chi connectivity index (χ2v) is 12.7. The van der Waals surface area contributed by atoms with Gasteiger partial charge in [0, 0.05) is 23.6 Å². The highest BCUT2D eigenvalue weighted by Gasteiger charge is 2.37. The van der Waals surface area contributed by atoms with E-state index in [1.54, 1.807) is 17.2 Å². The summed E-state index contributed by atoms with van der Waals surface area (Å²) in [5.74, 6) is 1.90. The minimum absolute atomic E-state index is 0.0918. The number of carbonyl (C=O) groups excluding carboxylic acids is 2. The number of likely N-dealkylation sites (tertiary alicyclic amines) is 1. The summed E-state index contributed by atoms with van der Waals surface area (Å²) in [6, 6.07) is 10.2. The molecular weight excluding hydrogens is 584 g/mol. The Kier molecular flexibility index (Phi) is 7.84. The monoisotopic (exact) mass is 622 g/mol. The van der Waals surface area contributed by atoms with Crippen LogP contribution in [0.4, 0.5) is 4.79 Å². The molecular formula is C35H38N6O5. The number of hydrogen-bond acceptors (Lipinski definition) is 7. The van der Waals surface area contributed by atoms with Crippen molar-refractivity contribution in [2.45, 2.75) is 70.4 Å². The summed E-state index contributed by atoms with van der Waals surface area (Å²) >= 11 is 0. The van der Waals surface area contributed by atoms with E-state index in [1.807, 2.05) is 50.4 Å². The van der Waals surface area contributed by atoms with Gasteiger partial charge in [-0.3, -0.25) is 9.59 Å². The van der Waals surface area contributed by atoms with Gasteiger partial charge in [-0.15, -0.1) is 0 Å². The summed E-state index contributed by atoms with van der Waals surface area (Å²) in [5.41, 5.74) is 4.26. The van der Waals surface area contributed by atoms with E-state index in [1.165, 1.54) is 20.0 Å². The Balaban J connectivity index is 1.14.